The van der Waals surface area contributed by atoms with Gasteiger partial charge in [0.25, 0.3) is 5.91 Å². The van der Waals surface area contributed by atoms with E-state index in [-0.39, 0.29) is 12.5 Å². The molecule has 0 aromatic carbocycles. The molecule has 0 aliphatic carbocycles. The van der Waals surface area contributed by atoms with Crippen LogP contribution in [0.4, 0.5) is 4.79 Å². The summed E-state index contributed by atoms with van der Waals surface area (Å²) in [4.78, 5) is 24.4. The molecule has 80 valence electrons. The van der Waals surface area contributed by atoms with Crippen LogP contribution < -0.4 is 10.6 Å². The molecule has 2 aliphatic heterocycles. The Labute approximate surface area is 87.2 Å². The molecule has 3 amide bonds. The summed E-state index contributed by atoms with van der Waals surface area (Å²) in [5.74, 6) is -0.254. The largest absolute Gasteiger partial charge is 0.325 e. The maximum absolute atomic E-state index is 11.9. The summed E-state index contributed by atoms with van der Waals surface area (Å²) in [5.41, 5.74) is -0.751. The van der Waals surface area contributed by atoms with Crippen molar-refractivity contribution in [1.82, 2.24) is 15.5 Å². The van der Waals surface area contributed by atoms with Crippen LogP contribution in [-0.4, -0.2) is 42.0 Å². The van der Waals surface area contributed by atoms with Crippen molar-refractivity contribution >= 4 is 11.9 Å². The Kier molecular flexibility index (Phi) is 2.32. The van der Waals surface area contributed by atoms with E-state index >= 15 is 0 Å². The Balaban J connectivity index is 2.20. The van der Waals surface area contributed by atoms with Crippen molar-refractivity contribution < 1.29 is 9.59 Å². The molecule has 0 unspecified atom stereocenters. The zero-order valence-corrected chi connectivity index (χ0v) is 8.25. The highest BCUT2D eigenvalue weighted by molar-refractivity contribution is 6.07. The van der Waals surface area contributed by atoms with Gasteiger partial charge < -0.3 is 10.6 Å². The Hall–Kier alpha value is -1.61. The topological polar surface area (TPSA) is 85.2 Å². The van der Waals surface area contributed by atoms with E-state index in [1.165, 1.54) is 0 Å². The second-order valence-corrected chi connectivity index (χ2v) is 3.81. The van der Waals surface area contributed by atoms with Crippen LogP contribution in [0.25, 0.3) is 0 Å². The maximum atomic E-state index is 11.9. The minimum atomic E-state index is -0.751. The second-order valence-electron chi connectivity index (χ2n) is 3.81. The van der Waals surface area contributed by atoms with Crippen molar-refractivity contribution in [3.05, 3.63) is 0 Å². The molecule has 6 nitrogen and oxygen atoms in total. The molecule has 2 fully saturated rings. The molecule has 1 spiro atoms. The minimum absolute atomic E-state index is 0.167. The van der Waals surface area contributed by atoms with E-state index in [0.29, 0.717) is 25.9 Å². The van der Waals surface area contributed by atoms with Crippen LogP contribution in [0.5, 0.6) is 0 Å². The summed E-state index contributed by atoms with van der Waals surface area (Å²) < 4.78 is 0. The Bertz CT molecular complexity index is 341. The van der Waals surface area contributed by atoms with Crippen molar-refractivity contribution in [3.8, 4) is 6.07 Å². The van der Waals surface area contributed by atoms with Crippen LogP contribution in [0.2, 0.25) is 0 Å². The average Bonchev–Trinajstić information content (AvgIpc) is 2.45. The van der Waals surface area contributed by atoms with Gasteiger partial charge in [0.15, 0.2) is 0 Å². The van der Waals surface area contributed by atoms with Crippen molar-refractivity contribution in [2.24, 2.45) is 0 Å². The number of amides is 3. The fraction of sp³-hybridized carbons (Fsp3) is 0.667. The molecule has 15 heavy (non-hydrogen) atoms. The van der Waals surface area contributed by atoms with Gasteiger partial charge in [-0.1, -0.05) is 0 Å². The molecule has 2 aliphatic rings. The molecular formula is C9H12N4O2. The number of nitrogens with zero attached hydrogens (tertiary/aromatic N) is 2. The highest BCUT2D eigenvalue weighted by Gasteiger charge is 2.51. The summed E-state index contributed by atoms with van der Waals surface area (Å²) in [5, 5.41) is 14.3. The molecular weight excluding hydrogens is 196 g/mol. The summed E-state index contributed by atoms with van der Waals surface area (Å²) in [6, 6.07) is 1.38. The highest BCUT2D eigenvalue weighted by Crippen LogP contribution is 2.26. The molecule has 0 aromatic heterocycles. The number of hydrogen-bond acceptors (Lipinski definition) is 4. The van der Waals surface area contributed by atoms with Gasteiger partial charge in [-0.25, -0.2) is 9.69 Å². The summed E-state index contributed by atoms with van der Waals surface area (Å²) >= 11 is 0. The van der Waals surface area contributed by atoms with E-state index in [9.17, 15) is 9.59 Å². The van der Waals surface area contributed by atoms with E-state index in [4.69, 9.17) is 5.26 Å². The van der Waals surface area contributed by atoms with Gasteiger partial charge in [-0.15, -0.1) is 0 Å². The Morgan fingerprint density at radius 2 is 2.07 bits per heavy atom. The lowest BCUT2D eigenvalue weighted by molar-refractivity contribution is -0.131. The maximum Gasteiger partial charge on any atom is 0.325 e. The number of carbonyl (C=O) groups excluding carboxylic acids is 2. The first-order valence-electron chi connectivity index (χ1n) is 4.91. The fourth-order valence-electron chi connectivity index (χ4n) is 2.08. The molecule has 6 heteroatoms. The molecule has 2 saturated heterocycles. The van der Waals surface area contributed by atoms with Gasteiger partial charge in [-0.3, -0.25) is 4.79 Å². The highest BCUT2D eigenvalue weighted by atomic mass is 16.2. The lowest BCUT2D eigenvalue weighted by Gasteiger charge is -2.30. The third kappa shape index (κ3) is 1.45. The standard InChI is InChI=1S/C9H12N4O2/c10-3-6-13-7(14)9(12-8(13)15)1-4-11-5-2-9/h11H,1-2,4-6H2,(H,12,15). The van der Waals surface area contributed by atoms with Crippen molar-refractivity contribution in [2.75, 3.05) is 19.6 Å². The lowest BCUT2D eigenvalue weighted by atomic mass is 9.88. The minimum Gasteiger partial charge on any atom is -0.323 e. The summed E-state index contributed by atoms with van der Waals surface area (Å²) in [7, 11) is 0. The van der Waals surface area contributed by atoms with Gasteiger partial charge in [-0.2, -0.15) is 5.26 Å². The first-order chi connectivity index (χ1) is 7.19. The lowest BCUT2D eigenvalue weighted by Crippen LogP contribution is -2.53. The SMILES string of the molecule is N#CCN1C(=O)NC2(CCNCC2)C1=O. The van der Waals surface area contributed by atoms with E-state index in [1.807, 2.05) is 6.07 Å². The molecule has 2 N–H and O–H groups in total. The molecule has 0 atom stereocenters. The summed E-state index contributed by atoms with van der Waals surface area (Å²) in [6.07, 6.45) is 1.19. The molecule has 0 bridgehead atoms. The zero-order chi connectivity index (χ0) is 10.9. The van der Waals surface area contributed by atoms with Crippen LogP contribution in [0.15, 0.2) is 0 Å². The number of carbonyl (C=O) groups is 2. The van der Waals surface area contributed by atoms with Gasteiger partial charge in [0.1, 0.15) is 12.1 Å². The van der Waals surface area contributed by atoms with Crippen molar-refractivity contribution in [2.45, 2.75) is 18.4 Å². The van der Waals surface area contributed by atoms with Crippen LogP contribution in [-0.2, 0) is 4.79 Å². The number of rotatable bonds is 1. The number of imide groups is 1. The van der Waals surface area contributed by atoms with Gasteiger partial charge in [-0.05, 0) is 25.9 Å². The quantitative estimate of drug-likeness (QED) is 0.435. The molecule has 2 rings (SSSR count). The van der Waals surface area contributed by atoms with E-state index in [2.05, 4.69) is 10.6 Å². The van der Waals surface area contributed by atoms with E-state index in [0.717, 1.165) is 4.90 Å². The van der Waals surface area contributed by atoms with Crippen LogP contribution >= 0.6 is 0 Å². The first kappa shape index (κ1) is 9.93. The average molecular weight is 208 g/mol. The van der Waals surface area contributed by atoms with Gasteiger partial charge in [0.2, 0.25) is 0 Å². The van der Waals surface area contributed by atoms with E-state index < -0.39 is 11.6 Å². The smallest absolute Gasteiger partial charge is 0.323 e. The second kappa shape index (κ2) is 3.51. The predicted molar refractivity (Wildman–Crippen MR) is 50.7 cm³/mol. The number of hydrogen-bond donors (Lipinski definition) is 2. The van der Waals surface area contributed by atoms with Crippen molar-refractivity contribution in [3.63, 3.8) is 0 Å². The predicted octanol–water partition coefficient (Wildman–Crippen LogP) is -0.816. The third-order valence-corrected chi connectivity index (χ3v) is 2.93. The summed E-state index contributed by atoms with van der Waals surface area (Å²) in [6.45, 7) is 1.26. The first-order valence-corrected chi connectivity index (χ1v) is 4.91. The number of nitriles is 1. The molecule has 2 heterocycles. The Morgan fingerprint density at radius 1 is 1.40 bits per heavy atom. The van der Waals surface area contributed by atoms with E-state index in [1.54, 1.807) is 0 Å². The fourth-order valence-corrected chi connectivity index (χ4v) is 2.08. The van der Waals surface area contributed by atoms with Gasteiger partial charge >= 0.3 is 6.03 Å². The normalized spacial score (nSPS) is 24.1. The third-order valence-electron chi connectivity index (χ3n) is 2.93. The number of nitrogens with one attached hydrogen (secondary N) is 2. The zero-order valence-electron chi connectivity index (χ0n) is 8.25. The van der Waals surface area contributed by atoms with Gasteiger partial charge in [0.05, 0.1) is 6.07 Å². The van der Waals surface area contributed by atoms with Crippen LogP contribution in [0, 0.1) is 11.3 Å². The molecule has 0 saturated carbocycles. The molecule has 0 aromatic rings. The molecule has 0 radical (unpaired) electrons. The monoisotopic (exact) mass is 208 g/mol. The number of piperidine rings is 1. The van der Waals surface area contributed by atoms with Gasteiger partial charge in [0, 0.05) is 0 Å². The van der Waals surface area contributed by atoms with Crippen molar-refractivity contribution in [1.29, 1.82) is 5.26 Å². The Morgan fingerprint density at radius 3 is 2.67 bits per heavy atom. The number of urea groups is 1. The van der Waals surface area contributed by atoms with Crippen LogP contribution in [0.1, 0.15) is 12.8 Å². The van der Waals surface area contributed by atoms with Crippen LogP contribution in [0.3, 0.4) is 0 Å².